The normalized spacial score (nSPS) is 18.5. The fraction of sp³-hybridized carbons (Fsp3) is 0.261. The van der Waals surface area contributed by atoms with Crippen LogP contribution in [-0.4, -0.2) is 59.7 Å². The van der Waals surface area contributed by atoms with E-state index < -0.39 is 6.04 Å². The molecule has 0 saturated carbocycles. The summed E-state index contributed by atoms with van der Waals surface area (Å²) in [5, 5.41) is 6.68. The molecule has 2 aromatic carbocycles. The number of carbonyl (C=O) groups excluding carboxylic acids is 2. The summed E-state index contributed by atoms with van der Waals surface area (Å²) in [5.74, 6) is 0.939. The second-order valence-electron chi connectivity index (χ2n) is 7.62. The van der Waals surface area contributed by atoms with E-state index in [1.54, 1.807) is 37.3 Å². The van der Waals surface area contributed by atoms with E-state index in [4.69, 9.17) is 9.47 Å². The van der Waals surface area contributed by atoms with Gasteiger partial charge in [0.1, 0.15) is 24.1 Å². The lowest BCUT2D eigenvalue weighted by Gasteiger charge is -2.40. The van der Waals surface area contributed by atoms with Gasteiger partial charge in [-0.25, -0.2) is 5.01 Å². The van der Waals surface area contributed by atoms with Gasteiger partial charge in [-0.1, -0.05) is 18.2 Å². The number of hydrazone groups is 1. The van der Waals surface area contributed by atoms with Crippen LogP contribution >= 0.6 is 0 Å². The number of nitrogens with one attached hydrogen (secondary N) is 1. The molecule has 31 heavy (non-hydrogen) atoms. The number of H-pyrrole nitrogens is 1. The summed E-state index contributed by atoms with van der Waals surface area (Å²) in [6.45, 7) is 0.314. The molecule has 0 aliphatic carbocycles. The van der Waals surface area contributed by atoms with Crippen LogP contribution < -0.4 is 9.47 Å². The number of para-hydroxylation sites is 1. The molecule has 158 valence electrons. The van der Waals surface area contributed by atoms with E-state index in [2.05, 4.69) is 10.1 Å². The number of amides is 2. The van der Waals surface area contributed by atoms with Gasteiger partial charge in [0.15, 0.2) is 0 Å². The highest BCUT2D eigenvalue weighted by atomic mass is 16.5. The summed E-state index contributed by atoms with van der Waals surface area (Å²) in [6.07, 6.45) is 2.00. The van der Waals surface area contributed by atoms with Crippen molar-refractivity contribution in [2.24, 2.45) is 5.10 Å². The first-order valence-electron chi connectivity index (χ1n) is 10.0. The standard InChI is InChI=1S/C23H22N4O4/c1-30-15-7-8-21(31-2)14(9-15)11-24-27-13-22(28)26-12-19-17(10-20(26)23(27)29)16-5-3-4-6-18(16)25-19/h3-9,11,20,25H,10,12-13H2,1-2H3/b24-11+/t20-/m1/s1. The average Bonchev–Trinajstić information content (AvgIpc) is 3.17. The third kappa shape index (κ3) is 3.20. The molecule has 1 atom stereocenters. The molecule has 1 aromatic heterocycles. The predicted molar refractivity (Wildman–Crippen MR) is 115 cm³/mol. The van der Waals surface area contributed by atoms with Crippen LogP contribution in [0, 0.1) is 0 Å². The molecule has 2 aliphatic rings. The van der Waals surface area contributed by atoms with Crippen LogP contribution in [0.5, 0.6) is 11.5 Å². The van der Waals surface area contributed by atoms with E-state index >= 15 is 0 Å². The van der Waals surface area contributed by atoms with Gasteiger partial charge >= 0.3 is 0 Å². The smallest absolute Gasteiger partial charge is 0.266 e. The fourth-order valence-electron chi connectivity index (χ4n) is 4.33. The number of methoxy groups -OCH3 is 2. The summed E-state index contributed by atoms with van der Waals surface area (Å²) >= 11 is 0. The zero-order valence-corrected chi connectivity index (χ0v) is 17.3. The van der Waals surface area contributed by atoms with E-state index in [0.29, 0.717) is 30.0 Å². The molecule has 0 radical (unpaired) electrons. The molecule has 0 unspecified atom stereocenters. The minimum Gasteiger partial charge on any atom is -0.497 e. The zero-order chi connectivity index (χ0) is 21.5. The minimum atomic E-state index is -0.558. The van der Waals surface area contributed by atoms with E-state index in [1.807, 2.05) is 24.3 Å². The van der Waals surface area contributed by atoms with Gasteiger partial charge in [0.2, 0.25) is 5.91 Å². The number of ether oxygens (including phenoxy) is 2. The van der Waals surface area contributed by atoms with Crippen molar-refractivity contribution in [1.29, 1.82) is 0 Å². The van der Waals surface area contributed by atoms with Crippen LogP contribution in [0.3, 0.4) is 0 Å². The number of aromatic amines is 1. The Morgan fingerprint density at radius 2 is 1.94 bits per heavy atom. The number of hydrogen-bond acceptors (Lipinski definition) is 5. The molecule has 2 amide bonds. The Morgan fingerprint density at radius 3 is 2.74 bits per heavy atom. The second-order valence-corrected chi connectivity index (χ2v) is 7.62. The molecular formula is C23H22N4O4. The van der Waals surface area contributed by atoms with Crippen molar-refractivity contribution in [2.75, 3.05) is 20.8 Å². The van der Waals surface area contributed by atoms with Gasteiger partial charge in [-0.05, 0) is 29.8 Å². The van der Waals surface area contributed by atoms with Crippen molar-refractivity contribution in [3.63, 3.8) is 0 Å². The third-order valence-corrected chi connectivity index (χ3v) is 5.92. The molecule has 8 heteroatoms. The first-order chi connectivity index (χ1) is 15.1. The quantitative estimate of drug-likeness (QED) is 0.659. The Labute approximate surface area is 179 Å². The van der Waals surface area contributed by atoms with E-state index in [9.17, 15) is 9.59 Å². The van der Waals surface area contributed by atoms with Gasteiger partial charge in [0, 0.05) is 28.6 Å². The molecule has 5 rings (SSSR count). The number of carbonyl (C=O) groups is 2. The number of fused-ring (bicyclic) bond motifs is 4. The van der Waals surface area contributed by atoms with Crippen LogP contribution in [0.15, 0.2) is 47.6 Å². The number of benzene rings is 2. The third-order valence-electron chi connectivity index (χ3n) is 5.92. The van der Waals surface area contributed by atoms with Crippen LogP contribution in [0.25, 0.3) is 10.9 Å². The number of hydrogen-bond donors (Lipinski definition) is 1. The SMILES string of the molecule is COc1ccc(OC)c(/C=N/N2CC(=O)N3Cc4[nH]c5ccccc5c4C[C@@H]3C2=O)c1. The Bertz CT molecular complexity index is 1220. The minimum absolute atomic E-state index is 0.0896. The summed E-state index contributed by atoms with van der Waals surface area (Å²) in [4.78, 5) is 31.1. The topological polar surface area (TPSA) is 87.2 Å². The Morgan fingerprint density at radius 1 is 1.10 bits per heavy atom. The number of aromatic nitrogens is 1. The molecule has 0 spiro atoms. The van der Waals surface area contributed by atoms with Gasteiger partial charge in [-0.15, -0.1) is 0 Å². The lowest BCUT2D eigenvalue weighted by Crippen LogP contribution is -2.60. The first kappa shape index (κ1) is 19.2. The molecule has 2 aliphatic heterocycles. The van der Waals surface area contributed by atoms with Crippen molar-refractivity contribution in [2.45, 2.75) is 19.0 Å². The molecule has 1 N–H and O–H groups in total. The molecule has 0 bridgehead atoms. The Balaban J connectivity index is 1.44. The van der Waals surface area contributed by atoms with Crippen molar-refractivity contribution in [3.8, 4) is 11.5 Å². The van der Waals surface area contributed by atoms with Gasteiger partial charge in [0.05, 0.1) is 27.0 Å². The molecule has 1 fully saturated rings. The lowest BCUT2D eigenvalue weighted by molar-refractivity contribution is -0.157. The Hall–Kier alpha value is -3.81. The molecule has 3 heterocycles. The summed E-state index contributed by atoms with van der Waals surface area (Å²) in [6, 6.07) is 12.8. The van der Waals surface area contributed by atoms with Gasteiger partial charge in [0.25, 0.3) is 5.91 Å². The van der Waals surface area contributed by atoms with E-state index in [0.717, 1.165) is 22.2 Å². The van der Waals surface area contributed by atoms with E-state index in [-0.39, 0.29) is 18.4 Å². The fourth-order valence-corrected chi connectivity index (χ4v) is 4.33. The maximum Gasteiger partial charge on any atom is 0.266 e. The zero-order valence-electron chi connectivity index (χ0n) is 17.3. The van der Waals surface area contributed by atoms with Crippen molar-refractivity contribution < 1.29 is 19.1 Å². The van der Waals surface area contributed by atoms with Gasteiger partial charge in [-0.3, -0.25) is 9.59 Å². The maximum absolute atomic E-state index is 13.2. The Kier molecular flexibility index (Phi) is 4.62. The van der Waals surface area contributed by atoms with E-state index in [1.165, 1.54) is 11.2 Å². The first-order valence-corrected chi connectivity index (χ1v) is 10.0. The average molecular weight is 418 g/mol. The van der Waals surface area contributed by atoms with Crippen molar-refractivity contribution >= 4 is 28.9 Å². The predicted octanol–water partition coefficient (Wildman–Crippen LogP) is 2.31. The van der Waals surface area contributed by atoms with Gasteiger partial charge < -0.3 is 19.4 Å². The van der Waals surface area contributed by atoms with Crippen LogP contribution in [0.2, 0.25) is 0 Å². The van der Waals surface area contributed by atoms with Crippen LogP contribution in [0.1, 0.15) is 16.8 Å². The number of piperazine rings is 1. The maximum atomic E-state index is 13.2. The summed E-state index contributed by atoms with van der Waals surface area (Å²) < 4.78 is 10.6. The lowest BCUT2D eigenvalue weighted by atomic mass is 9.94. The largest absolute Gasteiger partial charge is 0.497 e. The highest BCUT2D eigenvalue weighted by Gasteiger charge is 2.43. The monoisotopic (exact) mass is 418 g/mol. The highest BCUT2D eigenvalue weighted by Crippen LogP contribution is 2.32. The highest BCUT2D eigenvalue weighted by molar-refractivity contribution is 5.97. The number of rotatable bonds is 4. The molecule has 8 nitrogen and oxygen atoms in total. The van der Waals surface area contributed by atoms with Crippen LogP contribution in [-0.2, 0) is 22.6 Å². The summed E-state index contributed by atoms with van der Waals surface area (Å²) in [7, 11) is 3.14. The molecule has 3 aromatic rings. The summed E-state index contributed by atoms with van der Waals surface area (Å²) in [5.41, 5.74) is 3.77. The van der Waals surface area contributed by atoms with Gasteiger partial charge in [-0.2, -0.15) is 5.10 Å². The van der Waals surface area contributed by atoms with Crippen LogP contribution in [0.4, 0.5) is 0 Å². The molecular weight excluding hydrogens is 396 g/mol. The van der Waals surface area contributed by atoms with Crippen molar-refractivity contribution in [1.82, 2.24) is 14.9 Å². The van der Waals surface area contributed by atoms with Crippen molar-refractivity contribution in [3.05, 3.63) is 59.3 Å². The second kappa shape index (κ2) is 7.46. The molecule has 1 saturated heterocycles. The number of nitrogens with zero attached hydrogens (tertiary/aromatic N) is 3.